The molecule has 258 valence electrons. The maximum Gasteiger partial charge on any atom is 0.407 e. The Balaban J connectivity index is 1.72. The first-order valence-electron chi connectivity index (χ1n) is 17.0. The number of hydrogen-bond donors (Lipinski definition) is 4. The van der Waals surface area contributed by atoms with Crippen molar-refractivity contribution in [3.63, 3.8) is 0 Å². The number of alkyl carbamates (subject to hydrolysis) is 1. The topological polar surface area (TPSA) is 135 Å². The average molecular weight is 636 g/mol. The molecule has 0 aromatic heterocycles. The van der Waals surface area contributed by atoms with Crippen LogP contribution in [0, 0.1) is 45.8 Å². The van der Waals surface area contributed by atoms with Crippen LogP contribution in [0.4, 0.5) is 4.79 Å². The van der Waals surface area contributed by atoms with Crippen LogP contribution < -0.4 is 5.32 Å². The molecule has 2 bridgehead atoms. The summed E-state index contributed by atoms with van der Waals surface area (Å²) in [5, 5.41) is 40.0. The number of carbonyl (C=O) groups is 2. The molecule has 0 aromatic rings. The number of ether oxygens (including phenoxy) is 3. The zero-order valence-electron chi connectivity index (χ0n) is 30.0. The lowest BCUT2D eigenvalue weighted by Crippen LogP contribution is -2.74. The van der Waals surface area contributed by atoms with E-state index in [-0.39, 0.29) is 41.6 Å². The van der Waals surface area contributed by atoms with Crippen molar-refractivity contribution in [1.82, 2.24) is 5.32 Å². The Morgan fingerprint density at radius 2 is 1.69 bits per heavy atom. The number of aliphatic hydroxyl groups excluding tert-OH is 2. The summed E-state index contributed by atoms with van der Waals surface area (Å²) in [4.78, 5) is 26.5. The lowest BCUT2D eigenvalue weighted by molar-refractivity contribution is -0.318. The number of aliphatic hydroxyl groups is 3. The summed E-state index contributed by atoms with van der Waals surface area (Å²) in [5.74, 6) is -1.44. The number of esters is 1. The molecular formula is C36H61NO8. The lowest BCUT2D eigenvalue weighted by Gasteiger charge is -2.70. The van der Waals surface area contributed by atoms with Gasteiger partial charge in [-0.05, 0) is 82.3 Å². The Morgan fingerprint density at radius 1 is 1.09 bits per heavy atom. The first kappa shape index (κ1) is 36.2. The first-order valence-corrected chi connectivity index (χ1v) is 17.0. The average Bonchev–Trinajstić information content (AvgIpc) is 2.89. The molecule has 4 N–H and O–H groups in total. The van der Waals surface area contributed by atoms with Crippen molar-refractivity contribution in [3.05, 3.63) is 11.1 Å². The summed E-state index contributed by atoms with van der Waals surface area (Å²) in [6, 6.07) is -0.528. The number of hydrogen-bond acceptors (Lipinski definition) is 8. The van der Waals surface area contributed by atoms with Gasteiger partial charge in [0.05, 0.1) is 30.3 Å². The summed E-state index contributed by atoms with van der Waals surface area (Å²) in [5.41, 5.74) is -2.73. The molecule has 0 spiro atoms. The summed E-state index contributed by atoms with van der Waals surface area (Å²) >= 11 is 0. The van der Waals surface area contributed by atoms with E-state index in [2.05, 4.69) is 33.0 Å². The predicted octanol–water partition coefficient (Wildman–Crippen LogP) is 5.39. The number of rotatable bonds is 6. The number of nitrogens with one attached hydrogen (secondary N) is 1. The van der Waals surface area contributed by atoms with Gasteiger partial charge >= 0.3 is 12.1 Å². The summed E-state index contributed by atoms with van der Waals surface area (Å²) < 4.78 is 17.8. The van der Waals surface area contributed by atoms with Crippen molar-refractivity contribution in [2.75, 3.05) is 6.61 Å². The second kappa shape index (κ2) is 11.8. The van der Waals surface area contributed by atoms with Crippen LogP contribution in [0.5, 0.6) is 0 Å². The van der Waals surface area contributed by atoms with Gasteiger partial charge in [-0.1, -0.05) is 55.4 Å². The molecule has 45 heavy (non-hydrogen) atoms. The van der Waals surface area contributed by atoms with E-state index in [4.69, 9.17) is 14.2 Å². The van der Waals surface area contributed by atoms with Crippen molar-refractivity contribution in [2.45, 2.75) is 151 Å². The third-order valence-corrected chi connectivity index (χ3v) is 12.6. The fraction of sp³-hybridized carbons (Fsp3) is 0.889. The maximum atomic E-state index is 13.8. The highest BCUT2D eigenvalue weighted by Crippen LogP contribution is 2.68. The lowest BCUT2D eigenvalue weighted by atomic mass is 9.39. The molecule has 0 radical (unpaired) electrons. The van der Waals surface area contributed by atoms with Gasteiger partial charge in [-0.15, -0.1) is 0 Å². The summed E-state index contributed by atoms with van der Waals surface area (Å²) in [6.45, 7) is 25.9. The molecule has 0 aromatic carbocycles. The molecule has 1 saturated heterocycles. The zero-order valence-corrected chi connectivity index (χ0v) is 30.0. The van der Waals surface area contributed by atoms with E-state index in [1.807, 2.05) is 34.6 Å². The summed E-state index contributed by atoms with van der Waals surface area (Å²) in [7, 11) is 0. The molecule has 1 amide bonds. The molecule has 9 heteroatoms. The number of carbonyl (C=O) groups excluding carboxylic acids is 2. The normalized spacial score (nSPS) is 42.3. The second-order valence-corrected chi connectivity index (χ2v) is 17.4. The monoisotopic (exact) mass is 635 g/mol. The van der Waals surface area contributed by atoms with E-state index in [1.54, 1.807) is 27.7 Å². The molecule has 9 nitrogen and oxygen atoms in total. The number of fused-ring (bicyclic) bond motifs is 5. The van der Waals surface area contributed by atoms with Crippen LogP contribution in [0.25, 0.3) is 0 Å². The Labute approximate surface area is 270 Å². The standard InChI is InChI=1S/C36H61NO8/c1-18(2)14-23(37-31(41)45-32(7,8)9)20(4)30(40)44-24-16-36(42)22(6)28-34(12)17-43-25(34)15-19(3)35(28,13)29(39)27(38)26(21(24)5)33(36,10)11/h18-20,22-25,27-29,38-39,42H,14-17H2,1-13H3,(H,37,41)/t19-,20+,22-,23-,24-,25+,27-,28+,29+,34+,35+,36+/m0/s1. The third-order valence-electron chi connectivity index (χ3n) is 12.6. The maximum absolute atomic E-state index is 13.8. The van der Waals surface area contributed by atoms with E-state index in [9.17, 15) is 24.9 Å². The van der Waals surface area contributed by atoms with Gasteiger partial charge in [-0.2, -0.15) is 0 Å². The fourth-order valence-corrected chi connectivity index (χ4v) is 9.89. The van der Waals surface area contributed by atoms with Crippen molar-refractivity contribution < 1.29 is 39.1 Å². The minimum Gasteiger partial charge on any atom is -0.457 e. The largest absolute Gasteiger partial charge is 0.457 e. The Kier molecular flexibility index (Phi) is 9.47. The van der Waals surface area contributed by atoms with Crippen LogP contribution in [0.3, 0.4) is 0 Å². The Hall–Kier alpha value is -1.68. The van der Waals surface area contributed by atoms with E-state index in [0.29, 0.717) is 24.2 Å². The third kappa shape index (κ3) is 5.76. The molecule has 0 unspecified atom stereocenters. The highest BCUT2D eigenvalue weighted by atomic mass is 16.6. The minimum absolute atomic E-state index is 0.0219. The van der Waals surface area contributed by atoms with Crippen molar-refractivity contribution in [2.24, 2.45) is 45.8 Å². The molecule has 4 rings (SSSR count). The molecule has 1 aliphatic heterocycles. The smallest absolute Gasteiger partial charge is 0.407 e. The molecular weight excluding hydrogens is 574 g/mol. The summed E-state index contributed by atoms with van der Waals surface area (Å²) in [6.07, 6.45) is -2.24. The van der Waals surface area contributed by atoms with E-state index in [0.717, 1.165) is 6.42 Å². The van der Waals surface area contributed by atoms with Crippen molar-refractivity contribution in [1.29, 1.82) is 0 Å². The van der Waals surface area contributed by atoms with Crippen LogP contribution >= 0.6 is 0 Å². The Morgan fingerprint density at radius 3 is 2.20 bits per heavy atom. The van der Waals surface area contributed by atoms with Gasteiger partial charge in [0.15, 0.2) is 0 Å². The van der Waals surface area contributed by atoms with Gasteiger partial charge in [-0.25, -0.2) is 4.79 Å². The van der Waals surface area contributed by atoms with Gasteiger partial charge in [0.2, 0.25) is 0 Å². The quantitative estimate of drug-likeness (QED) is 0.226. The van der Waals surface area contributed by atoms with Crippen LogP contribution in [0.15, 0.2) is 11.1 Å². The highest BCUT2D eigenvalue weighted by molar-refractivity contribution is 5.75. The van der Waals surface area contributed by atoms with Crippen LogP contribution in [0.2, 0.25) is 0 Å². The van der Waals surface area contributed by atoms with Crippen LogP contribution in [0.1, 0.15) is 109 Å². The van der Waals surface area contributed by atoms with E-state index in [1.165, 1.54) is 0 Å². The van der Waals surface area contributed by atoms with E-state index < -0.39 is 64.4 Å². The van der Waals surface area contributed by atoms with Crippen LogP contribution in [-0.4, -0.2) is 75.6 Å². The van der Waals surface area contributed by atoms with Gasteiger partial charge in [0.1, 0.15) is 17.8 Å². The molecule has 2 saturated carbocycles. The predicted molar refractivity (Wildman–Crippen MR) is 172 cm³/mol. The molecule has 3 aliphatic carbocycles. The zero-order chi connectivity index (χ0) is 34.2. The highest BCUT2D eigenvalue weighted by Gasteiger charge is 2.72. The van der Waals surface area contributed by atoms with Crippen LogP contribution in [-0.2, 0) is 19.0 Å². The van der Waals surface area contributed by atoms with Gasteiger partial charge < -0.3 is 34.8 Å². The first-order chi connectivity index (χ1) is 20.4. The van der Waals surface area contributed by atoms with Crippen molar-refractivity contribution in [3.8, 4) is 0 Å². The molecule has 1 heterocycles. The number of amides is 1. The minimum atomic E-state index is -1.37. The van der Waals surface area contributed by atoms with Crippen molar-refractivity contribution >= 4 is 12.1 Å². The fourth-order valence-electron chi connectivity index (χ4n) is 9.89. The van der Waals surface area contributed by atoms with Gasteiger partial charge in [0.25, 0.3) is 0 Å². The molecule has 12 atom stereocenters. The molecule has 4 aliphatic rings. The second-order valence-electron chi connectivity index (χ2n) is 17.4. The SMILES string of the molecule is CC1=C2[C@H](O)[C@@H](O)[C@@]3(C)[C@H]([C@H](C)[C@](O)(C[C@@H]1OC(=O)[C@H](C)[C@H](CC(C)C)NC(=O)OC(C)(C)C)C2(C)C)[C@]1(C)CO[C@@H]1C[C@@H]3C. The molecule has 3 fully saturated rings. The van der Waals surface area contributed by atoms with E-state index >= 15 is 0 Å². The van der Waals surface area contributed by atoms with Gasteiger partial charge in [-0.3, -0.25) is 4.79 Å². The Bertz CT molecular complexity index is 1190. The van der Waals surface area contributed by atoms with Gasteiger partial charge in [0, 0.05) is 28.7 Å².